The van der Waals surface area contributed by atoms with Crippen LogP contribution in [0.5, 0.6) is 0 Å². The average molecular weight is 426 g/mol. The molecule has 0 fully saturated rings. The Hall–Kier alpha value is -3.43. The third-order valence-electron chi connectivity index (χ3n) is 4.36. The lowest BCUT2D eigenvalue weighted by Gasteiger charge is -2.15. The second kappa shape index (κ2) is 10.6. The molecule has 3 aromatic rings. The molecule has 1 aromatic heterocycles. The van der Waals surface area contributed by atoms with Gasteiger partial charge in [0.05, 0.1) is 19.4 Å². The fourth-order valence-electron chi connectivity index (χ4n) is 2.81. The molecule has 0 aliphatic rings. The highest BCUT2D eigenvalue weighted by Crippen LogP contribution is 2.24. The Morgan fingerprint density at radius 3 is 1.90 bits per heavy atom. The zero-order valence-corrected chi connectivity index (χ0v) is 17.4. The summed E-state index contributed by atoms with van der Waals surface area (Å²) in [6.45, 7) is 3.75. The maximum absolute atomic E-state index is 14.3. The summed E-state index contributed by atoms with van der Waals surface area (Å²) in [5.41, 5.74) is 2.98. The molecule has 2 aromatic carbocycles. The molecular formula is C22H27FN6O2. The van der Waals surface area contributed by atoms with Crippen LogP contribution in [0.3, 0.4) is 0 Å². The molecule has 0 bridgehead atoms. The van der Waals surface area contributed by atoms with Crippen LogP contribution < -0.4 is 21.3 Å². The zero-order chi connectivity index (χ0) is 22.2. The number of halogens is 1. The topological polar surface area (TPSA) is 114 Å². The van der Waals surface area contributed by atoms with E-state index in [1.54, 1.807) is 12.1 Å². The second-order valence-electron chi connectivity index (χ2n) is 7.26. The molecule has 0 saturated heterocycles. The third kappa shape index (κ3) is 6.53. The number of anilines is 6. The summed E-state index contributed by atoms with van der Waals surface area (Å²) in [5.74, 6) is -0.313. The zero-order valence-electron chi connectivity index (χ0n) is 17.4. The van der Waals surface area contributed by atoms with Crippen molar-refractivity contribution >= 4 is 34.5 Å². The molecule has 2 unspecified atom stereocenters. The van der Waals surface area contributed by atoms with E-state index in [1.165, 1.54) is 0 Å². The van der Waals surface area contributed by atoms with E-state index in [2.05, 4.69) is 31.2 Å². The highest BCUT2D eigenvalue weighted by atomic mass is 19.1. The quantitative estimate of drug-likeness (QED) is 0.291. The van der Waals surface area contributed by atoms with Gasteiger partial charge in [0.25, 0.3) is 0 Å². The molecular weight excluding hydrogens is 399 g/mol. The maximum atomic E-state index is 14.3. The fourth-order valence-corrected chi connectivity index (χ4v) is 2.81. The van der Waals surface area contributed by atoms with Crippen LogP contribution in [-0.2, 0) is 0 Å². The van der Waals surface area contributed by atoms with E-state index in [0.29, 0.717) is 5.69 Å². The summed E-state index contributed by atoms with van der Waals surface area (Å²) in [5, 5.41) is 30.7. The first-order valence-electron chi connectivity index (χ1n) is 9.98. The Balaban J connectivity index is 1.74. The van der Waals surface area contributed by atoms with Crippen LogP contribution in [0.25, 0.3) is 0 Å². The van der Waals surface area contributed by atoms with Gasteiger partial charge in [-0.1, -0.05) is 12.1 Å². The van der Waals surface area contributed by atoms with E-state index in [9.17, 15) is 14.6 Å². The molecule has 0 saturated carbocycles. The van der Waals surface area contributed by atoms with Crippen LogP contribution in [0, 0.1) is 5.82 Å². The molecule has 0 aliphatic carbocycles. The van der Waals surface area contributed by atoms with Crippen LogP contribution in [0.2, 0.25) is 0 Å². The van der Waals surface area contributed by atoms with Crippen molar-refractivity contribution in [2.24, 2.45) is 0 Å². The first-order chi connectivity index (χ1) is 15.0. The molecule has 1 heterocycles. The molecule has 8 nitrogen and oxygen atoms in total. The highest BCUT2D eigenvalue weighted by Gasteiger charge is 2.09. The van der Waals surface area contributed by atoms with Crippen molar-refractivity contribution < 1.29 is 14.6 Å². The van der Waals surface area contributed by atoms with Crippen molar-refractivity contribution in [3.8, 4) is 0 Å². The second-order valence-corrected chi connectivity index (χ2v) is 7.26. The summed E-state index contributed by atoms with van der Waals surface area (Å²) in [6, 6.07) is 14.5. The molecule has 0 aliphatic heterocycles. The van der Waals surface area contributed by atoms with Crippen LogP contribution in [0.1, 0.15) is 13.8 Å². The summed E-state index contributed by atoms with van der Waals surface area (Å²) in [7, 11) is 0. The average Bonchev–Trinajstić information content (AvgIpc) is 2.76. The number of nitrogens with one attached hydrogen (secondary N) is 4. The first kappa shape index (κ1) is 22.3. The van der Waals surface area contributed by atoms with Gasteiger partial charge in [-0.3, -0.25) is 0 Å². The number of rotatable bonds is 10. The van der Waals surface area contributed by atoms with Crippen molar-refractivity contribution in [2.75, 3.05) is 34.5 Å². The van der Waals surface area contributed by atoms with Crippen molar-refractivity contribution in [3.05, 3.63) is 60.5 Å². The summed E-state index contributed by atoms with van der Waals surface area (Å²) in [6.07, 6.45) is 1.10. The minimum atomic E-state index is -0.583. The van der Waals surface area contributed by atoms with Crippen molar-refractivity contribution in [3.63, 3.8) is 0 Å². The van der Waals surface area contributed by atoms with Gasteiger partial charge in [-0.05, 0) is 50.2 Å². The van der Waals surface area contributed by atoms with Crippen LogP contribution in [0.15, 0.2) is 54.7 Å². The Kier molecular flexibility index (Phi) is 7.58. The Labute approximate surface area is 180 Å². The van der Waals surface area contributed by atoms with Crippen LogP contribution in [-0.4, -0.2) is 45.5 Å². The largest absolute Gasteiger partial charge is 0.394 e. The normalized spacial score (nSPS) is 12.7. The Morgan fingerprint density at radius 2 is 1.35 bits per heavy atom. The molecule has 0 spiro atoms. The molecule has 9 heteroatoms. The Bertz CT molecular complexity index is 1000. The molecule has 2 atom stereocenters. The standard InChI is InChI=1S/C22H27FN6O2/c1-14(12-30)25-16-5-3-7-18(9-16)27-21-20(23)11-24-22(29-21)28-19-8-4-6-17(10-19)26-15(2)13-31/h3-11,14-15,25-26,30-31H,12-13H2,1-2H3,(H2,24,27,28,29). The van der Waals surface area contributed by atoms with Gasteiger partial charge in [-0.15, -0.1) is 0 Å². The molecule has 164 valence electrons. The van der Waals surface area contributed by atoms with Gasteiger partial charge in [0.15, 0.2) is 11.6 Å². The van der Waals surface area contributed by atoms with E-state index in [-0.39, 0.29) is 37.1 Å². The lowest BCUT2D eigenvalue weighted by atomic mass is 10.2. The minimum absolute atomic E-state index is 0.00283. The van der Waals surface area contributed by atoms with Gasteiger partial charge in [0.1, 0.15) is 0 Å². The number of hydrogen-bond acceptors (Lipinski definition) is 8. The van der Waals surface area contributed by atoms with Gasteiger partial charge >= 0.3 is 0 Å². The molecule has 31 heavy (non-hydrogen) atoms. The summed E-state index contributed by atoms with van der Waals surface area (Å²) < 4.78 is 14.3. The van der Waals surface area contributed by atoms with Gasteiger partial charge in [0, 0.05) is 34.8 Å². The number of aliphatic hydroxyl groups excluding tert-OH is 2. The van der Waals surface area contributed by atoms with Crippen LogP contribution in [0.4, 0.5) is 38.9 Å². The monoisotopic (exact) mass is 426 g/mol. The number of aromatic nitrogens is 2. The van der Waals surface area contributed by atoms with Crippen LogP contribution >= 0.6 is 0 Å². The predicted molar refractivity (Wildman–Crippen MR) is 122 cm³/mol. The van der Waals surface area contributed by atoms with E-state index >= 15 is 0 Å². The molecule has 0 amide bonds. The number of aliphatic hydroxyl groups is 2. The molecule has 6 N–H and O–H groups in total. The van der Waals surface area contributed by atoms with E-state index in [0.717, 1.165) is 23.3 Å². The Morgan fingerprint density at radius 1 is 0.839 bits per heavy atom. The van der Waals surface area contributed by atoms with E-state index in [1.807, 2.05) is 50.2 Å². The third-order valence-corrected chi connectivity index (χ3v) is 4.36. The predicted octanol–water partition coefficient (Wildman–Crippen LogP) is 3.69. The minimum Gasteiger partial charge on any atom is -0.394 e. The summed E-state index contributed by atoms with van der Waals surface area (Å²) in [4.78, 5) is 8.26. The smallest absolute Gasteiger partial charge is 0.229 e. The van der Waals surface area contributed by atoms with Gasteiger partial charge < -0.3 is 31.5 Å². The van der Waals surface area contributed by atoms with Crippen molar-refractivity contribution in [2.45, 2.75) is 25.9 Å². The number of hydrogen-bond donors (Lipinski definition) is 6. The van der Waals surface area contributed by atoms with Gasteiger partial charge in [0.2, 0.25) is 5.95 Å². The van der Waals surface area contributed by atoms with Gasteiger partial charge in [-0.25, -0.2) is 9.37 Å². The SMILES string of the molecule is CC(CO)Nc1cccc(Nc2ncc(F)c(Nc3cccc(NC(C)CO)c3)n2)c1. The van der Waals surface area contributed by atoms with Crippen molar-refractivity contribution in [1.29, 1.82) is 0 Å². The molecule has 3 rings (SSSR count). The van der Waals surface area contributed by atoms with E-state index in [4.69, 9.17) is 0 Å². The van der Waals surface area contributed by atoms with Gasteiger partial charge in [-0.2, -0.15) is 4.98 Å². The number of nitrogens with zero attached hydrogens (tertiary/aromatic N) is 2. The fraction of sp³-hybridized carbons (Fsp3) is 0.273. The summed E-state index contributed by atoms with van der Waals surface area (Å²) >= 11 is 0. The molecule has 0 radical (unpaired) electrons. The van der Waals surface area contributed by atoms with Crippen molar-refractivity contribution in [1.82, 2.24) is 9.97 Å². The first-order valence-corrected chi connectivity index (χ1v) is 9.98. The van der Waals surface area contributed by atoms with E-state index < -0.39 is 5.82 Å². The highest BCUT2D eigenvalue weighted by molar-refractivity contribution is 5.65. The number of benzene rings is 2. The maximum Gasteiger partial charge on any atom is 0.229 e. The lowest BCUT2D eigenvalue weighted by molar-refractivity contribution is 0.281. The lowest BCUT2D eigenvalue weighted by Crippen LogP contribution is -2.19.